The topological polar surface area (TPSA) is 43.4 Å². The first-order chi connectivity index (χ1) is 9.49. The van der Waals surface area contributed by atoms with Gasteiger partial charge in [-0.05, 0) is 63.0 Å². The number of Topliss-reactive ketones (excluding diaryl/α,β-unsaturated/α-hetero) is 1. The molecule has 0 saturated heterocycles. The molecule has 102 valence electrons. The van der Waals surface area contributed by atoms with Crippen molar-refractivity contribution in [1.82, 2.24) is 0 Å². The molecule has 0 atom stereocenters. The van der Waals surface area contributed by atoms with Crippen LogP contribution in [0.5, 0.6) is 5.75 Å². The van der Waals surface area contributed by atoms with E-state index < -0.39 is 5.97 Å². The van der Waals surface area contributed by atoms with E-state index in [2.05, 4.69) is 31.9 Å². The molecule has 0 saturated carbocycles. The average molecular weight is 398 g/mol. The molecule has 0 radical (unpaired) electrons. The summed E-state index contributed by atoms with van der Waals surface area (Å²) in [4.78, 5) is 23.6. The Bertz CT molecular complexity index is 666. The fourth-order valence-electron chi connectivity index (χ4n) is 1.62. The first-order valence-electron chi connectivity index (χ1n) is 5.76. The Labute approximate surface area is 133 Å². The molecule has 0 amide bonds. The standard InChI is InChI=1S/C15H10Br2O3/c1-9(18)11-7-12(16)13(17)8-14(11)20-15(19)10-5-3-2-4-6-10/h2-8H,1H3. The number of hydrogen-bond acceptors (Lipinski definition) is 3. The molecule has 0 unspecified atom stereocenters. The SMILES string of the molecule is CC(=O)c1cc(Br)c(Br)cc1OC(=O)c1ccccc1. The van der Waals surface area contributed by atoms with E-state index >= 15 is 0 Å². The van der Waals surface area contributed by atoms with Gasteiger partial charge in [0.25, 0.3) is 0 Å². The van der Waals surface area contributed by atoms with Crippen molar-refractivity contribution in [2.24, 2.45) is 0 Å². The monoisotopic (exact) mass is 396 g/mol. The molecular weight excluding hydrogens is 388 g/mol. The van der Waals surface area contributed by atoms with Crippen molar-refractivity contribution >= 4 is 43.6 Å². The predicted octanol–water partition coefficient (Wildman–Crippen LogP) is 4.63. The van der Waals surface area contributed by atoms with E-state index in [0.29, 0.717) is 15.6 Å². The Morgan fingerprint density at radius 2 is 1.60 bits per heavy atom. The highest BCUT2D eigenvalue weighted by Crippen LogP contribution is 2.32. The van der Waals surface area contributed by atoms with Crippen LogP contribution in [0.15, 0.2) is 51.4 Å². The molecule has 2 aromatic rings. The van der Waals surface area contributed by atoms with Gasteiger partial charge >= 0.3 is 5.97 Å². The van der Waals surface area contributed by atoms with E-state index in [1.54, 1.807) is 36.4 Å². The lowest BCUT2D eigenvalue weighted by atomic mass is 10.1. The zero-order valence-electron chi connectivity index (χ0n) is 10.5. The van der Waals surface area contributed by atoms with E-state index in [0.717, 1.165) is 4.47 Å². The van der Waals surface area contributed by atoms with E-state index in [-0.39, 0.29) is 11.5 Å². The maximum atomic E-state index is 12.0. The van der Waals surface area contributed by atoms with Crippen LogP contribution in [0.25, 0.3) is 0 Å². The van der Waals surface area contributed by atoms with Gasteiger partial charge in [-0.3, -0.25) is 4.79 Å². The molecule has 0 fully saturated rings. The molecule has 0 aliphatic heterocycles. The minimum Gasteiger partial charge on any atom is -0.422 e. The third kappa shape index (κ3) is 3.35. The summed E-state index contributed by atoms with van der Waals surface area (Å²) < 4.78 is 6.75. The van der Waals surface area contributed by atoms with Crippen molar-refractivity contribution < 1.29 is 14.3 Å². The fraction of sp³-hybridized carbons (Fsp3) is 0.0667. The molecule has 0 aliphatic carbocycles. The number of carbonyl (C=O) groups excluding carboxylic acids is 2. The average Bonchev–Trinajstić information content (AvgIpc) is 2.43. The van der Waals surface area contributed by atoms with Crippen molar-refractivity contribution in [3.8, 4) is 5.75 Å². The van der Waals surface area contributed by atoms with E-state index in [1.165, 1.54) is 6.92 Å². The predicted molar refractivity (Wildman–Crippen MR) is 83.2 cm³/mol. The van der Waals surface area contributed by atoms with Crippen molar-refractivity contribution in [1.29, 1.82) is 0 Å². The second-order valence-electron chi connectivity index (χ2n) is 4.07. The third-order valence-electron chi connectivity index (χ3n) is 2.61. The van der Waals surface area contributed by atoms with Crippen LogP contribution in [0.4, 0.5) is 0 Å². The summed E-state index contributed by atoms with van der Waals surface area (Å²) in [7, 11) is 0. The first-order valence-corrected chi connectivity index (χ1v) is 7.35. The van der Waals surface area contributed by atoms with Gasteiger partial charge in [0.2, 0.25) is 0 Å². The lowest BCUT2D eigenvalue weighted by molar-refractivity contribution is 0.0732. The zero-order valence-corrected chi connectivity index (χ0v) is 13.7. The number of esters is 1. The molecule has 0 aliphatic rings. The van der Waals surface area contributed by atoms with Crippen LogP contribution < -0.4 is 4.74 Å². The van der Waals surface area contributed by atoms with Gasteiger partial charge in [0.05, 0.1) is 11.1 Å². The van der Waals surface area contributed by atoms with Crippen LogP contribution in [0.3, 0.4) is 0 Å². The van der Waals surface area contributed by atoms with Crippen LogP contribution in [-0.2, 0) is 0 Å². The largest absolute Gasteiger partial charge is 0.422 e. The van der Waals surface area contributed by atoms with E-state index in [1.807, 2.05) is 6.07 Å². The number of ether oxygens (including phenoxy) is 1. The number of halogens is 2. The second-order valence-corrected chi connectivity index (χ2v) is 5.78. The number of ketones is 1. The highest BCUT2D eigenvalue weighted by molar-refractivity contribution is 9.13. The number of hydrogen-bond donors (Lipinski definition) is 0. The lowest BCUT2D eigenvalue weighted by Gasteiger charge is -2.10. The Morgan fingerprint density at radius 1 is 1.00 bits per heavy atom. The molecule has 3 nitrogen and oxygen atoms in total. The van der Waals surface area contributed by atoms with Crippen LogP contribution in [0, 0.1) is 0 Å². The molecule has 0 spiro atoms. The smallest absolute Gasteiger partial charge is 0.343 e. The molecule has 0 heterocycles. The summed E-state index contributed by atoms with van der Waals surface area (Å²) >= 11 is 6.65. The Balaban J connectivity index is 2.36. The van der Waals surface area contributed by atoms with Gasteiger partial charge in [0, 0.05) is 8.95 Å². The van der Waals surface area contributed by atoms with Gasteiger partial charge in [0.15, 0.2) is 5.78 Å². The number of carbonyl (C=O) groups is 2. The van der Waals surface area contributed by atoms with Crippen LogP contribution >= 0.6 is 31.9 Å². The highest BCUT2D eigenvalue weighted by Gasteiger charge is 2.16. The van der Waals surface area contributed by atoms with Gasteiger partial charge in [0.1, 0.15) is 5.75 Å². The van der Waals surface area contributed by atoms with Crippen molar-refractivity contribution in [2.75, 3.05) is 0 Å². The molecular formula is C15H10Br2O3. The van der Waals surface area contributed by atoms with Gasteiger partial charge in [-0.2, -0.15) is 0 Å². The van der Waals surface area contributed by atoms with Crippen molar-refractivity contribution in [3.05, 3.63) is 62.5 Å². The fourth-order valence-corrected chi connectivity index (χ4v) is 2.29. The summed E-state index contributed by atoms with van der Waals surface area (Å²) in [5, 5.41) is 0. The van der Waals surface area contributed by atoms with Gasteiger partial charge in [-0.1, -0.05) is 18.2 Å². The Hall–Kier alpha value is -1.46. The first kappa shape index (κ1) is 14.9. The number of rotatable bonds is 3. The molecule has 0 bridgehead atoms. The molecule has 20 heavy (non-hydrogen) atoms. The van der Waals surface area contributed by atoms with Gasteiger partial charge in [-0.15, -0.1) is 0 Å². The van der Waals surface area contributed by atoms with Crippen LogP contribution in [0.1, 0.15) is 27.6 Å². The van der Waals surface area contributed by atoms with E-state index in [9.17, 15) is 9.59 Å². The summed E-state index contributed by atoms with van der Waals surface area (Å²) in [6.45, 7) is 1.43. The minimum absolute atomic E-state index is 0.172. The summed E-state index contributed by atoms with van der Waals surface area (Å²) in [5.41, 5.74) is 0.783. The van der Waals surface area contributed by atoms with Crippen LogP contribution in [-0.4, -0.2) is 11.8 Å². The van der Waals surface area contributed by atoms with Gasteiger partial charge in [-0.25, -0.2) is 4.79 Å². The van der Waals surface area contributed by atoms with E-state index in [4.69, 9.17) is 4.74 Å². The number of benzene rings is 2. The maximum Gasteiger partial charge on any atom is 0.343 e. The molecule has 0 N–H and O–H groups in total. The highest BCUT2D eigenvalue weighted by atomic mass is 79.9. The lowest BCUT2D eigenvalue weighted by Crippen LogP contribution is -2.11. The second kappa shape index (κ2) is 6.33. The van der Waals surface area contributed by atoms with Crippen LogP contribution in [0.2, 0.25) is 0 Å². The maximum absolute atomic E-state index is 12.0. The quantitative estimate of drug-likeness (QED) is 0.430. The van der Waals surface area contributed by atoms with Crippen molar-refractivity contribution in [3.63, 3.8) is 0 Å². The molecule has 0 aromatic heterocycles. The summed E-state index contributed by atoms with van der Waals surface area (Å²) in [5.74, 6) is -0.433. The minimum atomic E-state index is -0.498. The van der Waals surface area contributed by atoms with Gasteiger partial charge < -0.3 is 4.74 Å². The summed E-state index contributed by atoms with van der Waals surface area (Å²) in [6, 6.07) is 11.9. The Morgan fingerprint density at radius 3 is 2.20 bits per heavy atom. The van der Waals surface area contributed by atoms with Crippen molar-refractivity contribution in [2.45, 2.75) is 6.92 Å². The Kier molecular flexibility index (Phi) is 4.73. The molecule has 5 heteroatoms. The summed E-state index contributed by atoms with van der Waals surface area (Å²) in [6.07, 6.45) is 0. The third-order valence-corrected chi connectivity index (χ3v) is 4.46. The molecule has 2 aromatic carbocycles. The zero-order chi connectivity index (χ0) is 14.7. The molecule has 2 rings (SSSR count). The normalized spacial score (nSPS) is 10.2.